The van der Waals surface area contributed by atoms with E-state index in [9.17, 15) is 0 Å². The van der Waals surface area contributed by atoms with Crippen molar-refractivity contribution in [1.29, 1.82) is 0 Å². The van der Waals surface area contributed by atoms with E-state index in [-0.39, 0.29) is 11.4 Å². The van der Waals surface area contributed by atoms with Gasteiger partial charge < -0.3 is 15.4 Å². The monoisotopic (exact) mass is 199 g/mol. The Morgan fingerprint density at radius 2 is 2.00 bits per heavy atom. The minimum Gasteiger partial charge on any atom is -0.354 e. The number of ether oxygens (including phenoxy) is 1. The maximum Gasteiger partial charge on any atom is 0.145 e. The Labute approximate surface area is 86.1 Å². The van der Waals surface area contributed by atoms with Gasteiger partial charge >= 0.3 is 0 Å². The van der Waals surface area contributed by atoms with Gasteiger partial charge in [0.1, 0.15) is 5.72 Å². The van der Waals surface area contributed by atoms with Crippen molar-refractivity contribution in [3.05, 3.63) is 12.7 Å². The maximum atomic E-state index is 5.43. The van der Waals surface area contributed by atoms with Gasteiger partial charge in [-0.3, -0.25) is 5.32 Å². The van der Waals surface area contributed by atoms with Gasteiger partial charge in [-0.15, -0.1) is 6.58 Å². The molecule has 14 heavy (non-hydrogen) atoms. The van der Waals surface area contributed by atoms with Crippen molar-refractivity contribution in [2.75, 3.05) is 27.7 Å². The van der Waals surface area contributed by atoms with Crippen LogP contribution >= 0.6 is 0 Å². The Balaban J connectivity index is 2.62. The van der Waals surface area contributed by atoms with Gasteiger partial charge in [0.15, 0.2) is 0 Å². The van der Waals surface area contributed by atoms with Crippen LogP contribution in [0.25, 0.3) is 0 Å². The van der Waals surface area contributed by atoms with E-state index < -0.39 is 0 Å². The average molecular weight is 199 g/mol. The first-order chi connectivity index (χ1) is 6.66. The summed E-state index contributed by atoms with van der Waals surface area (Å²) in [6.07, 6.45) is 3.67. The molecule has 4 heteroatoms. The molecule has 0 amide bonds. The van der Waals surface area contributed by atoms with Crippen molar-refractivity contribution in [1.82, 2.24) is 16.0 Å². The minimum atomic E-state index is -0.144. The van der Waals surface area contributed by atoms with E-state index in [1.165, 1.54) is 0 Å². The standard InChI is InChI=1S/C10H21N3O/c1-5-6-9(11-2,12-3)7-10(13-4)8-14-10/h5,11-13H,1,6-8H2,2-4H3. The summed E-state index contributed by atoms with van der Waals surface area (Å²) < 4.78 is 5.43. The molecule has 3 N–H and O–H groups in total. The molecule has 0 saturated carbocycles. The number of likely N-dealkylation sites (N-methyl/N-ethyl adjacent to an activating group) is 1. The van der Waals surface area contributed by atoms with E-state index in [1.54, 1.807) is 0 Å². The van der Waals surface area contributed by atoms with Gasteiger partial charge in [-0.1, -0.05) is 6.08 Å². The fourth-order valence-electron chi connectivity index (χ4n) is 1.73. The summed E-state index contributed by atoms with van der Waals surface area (Å²) in [5.41, 5.74) is -0.268. The molecular weight excluding hydrogens is 178 g/mol. The third-order valence-corrected chi connectivity index (χ3v) is 2.99. The van der Waals surface area contributed by atoms with Gasteiger partial charge in [0.05, 0.1) is 12.3 Å². The molecule has 0 aromatic carbocycles. The molecule has 1 aliphatic rings. The molecule has 0 aliphatic carbocycles. The smallest absolute Gasteiger partial charge is 0.145 e. The van der Waals surface area contributed by atoms with E-state index in [1.807, 2.05) is 27.2 Å². The summed E-state index contributed by atoms with van der Waals surface area (Å²) in [7, 11) is 5.83. The molecular formula is C10H21N3O. The van der Waals surface area contributed by atoms with Crippen molar-refractivity contribution in [3.8, 4) is 0 Å². The third-order valence-electron chi connectivity index (χ3n) is 2.99. The van der Waals surface area contributed by atoms with Crippen LogP contribution in [0.4, 0.5) is 0 Å². The third kappa shape index (κ3) is 2.33. The Hall–Kier alpha value is -0.420. The van der Waals surface area contributed by atoms with E-state index >= 15 is 0 Å². The lowest BCUT2D eigenvalue weighted by Gasteiger charge is -2.34. The fourth-order valence-corrected chi connectivity index (χ4v) is 1.73. The van der Waals surface area contributed by atoms with Crippen LogP contribution in [0.5, 0.6) is 0 Å². The van der Waals surface area contributed by atoms with Crippen molar-refractivity contribution in [3.63, 3.8) is 0 Å². The Bertz CT molecular complexity index is 198. The molecule has 1 fully saturated rings. The molecule has 0 bridgehead atoms. The van der Waals surface area contributed by atoms with Gasteiger partial charge in [-0.2, -0.15) is 0 Å². The zero-order valence-electron chi connectivity index (χ0n) is 9.31. The van der Waals surface area contributed by atoms with Crippen LogP contribution in [-0.4, -0.2) is 39.1 Å². The lowest BCUT2D eigenvalue weighted by Crippen LogP contribution is -2.57. The second-order valence-corrected chi connectivity index (χ2v) is 3.78. The van der Waals surface area contributed by atoms with Crippen LogP contribution < -0.4 is 16.0 Å². The summed E-state index contributed by atoms with van der Waals surface area (Å²) in [6.45, 7) is 4.56. The molecule has 4 nitrogen and oxygen atoms in total. The highest BCUT2D eigenvalue weighted by Crippen LogP contribution is 2.32. The molecule has 1 saturated heterocycles. The van der Waals surface area contributed by atoms with Gasteiger partial charge in [0.2, 0.25) is 0 Å². The normalized spacial score (nSPS) is 26.2. The van der Waals surface area contributed by atoms with E-state index in [0.717, 1.165) is 19.4 Å². The maximum absolute atomic E-state index is 5.43. The molecule has 1 aliphatic heterocycles. The molecule has 1 atom stereocenters. The topological polar surface area (TPSA) is 48.6 Å². The number of nitrogens with one attached hydrogen (secondary N) is 3. The predicted octanol–water partition coefficient (Wildman–Crippen LogP) is 0.0336. The minimum absolute atomic E-state index is 0.124. The molecule has 1 unspecified atom stereocenters. The zero-order valence-corrected chi connectivity index (χ0v) is 9.31. The van der Waals surface area contributed by atoms with Gasteiger partial charge in [-0.05, 0) is 27.6 Å². The summed E-state index contributed by atoms with van der Waals surface area (Å²) in [4.78, 5) is 0. The molecule has 1 heterocycles. The number of hydrogen-bond donors (Lipinski definition) is 3. The van der Waals surface area contributed by atoms with Crippen molar-refractivity contribution in [2.24, 2.45) is 0 Å². The lowest BCUT2D eigenvalue weighted by molar-refractivity contribution is 0.164. The van der Waals surface area contributed by atoms with Crippen molar-refractivity contribution < 1.29 is 4.74 Å². The molecule has 0 radical (unpaired) electrons. The first kappa shape index (κ1) is 11.7. The SMILES string of the molecule is C=CCC(CC1(NC)CO1)(NC)NC. The summed E-state index contributed by atoms with van der Waals surface area (Å²) in [5, 5.41) is 9.79. The largest absolute Gasteiger partial charge is 0.354 e. The predicted molar refractivity (Wildman–Crippen MR) is 58.0 cm³/mol. The molecule has 0 aromatic rings. The van der Waals surface area contributed by atoms with Crippen LogP contribution in [0, 0.1) is 0 Å². The van der Waals surface area contributed by atoms with Crippen LogP contribution in [0.2, 0.25) is 0 Å². The van der Waals surface area contributed by atoms with Gasteiger partial charge in [0.25, 0.3) is 0 Å². The van der Waals surface area contributed by atoms with Gasteiger partial charge in [0, 0.05) is 6.42 Å². The Kier molecular flexibility index (Phi) is 3.66. The van der Waals surface area contributed by atoms with Crippen LogP contribution in [0.3, 0.4) is 0 Å². The summed E-state index contributed by atoms with van der Waals surface area (Å²) >= 11 is 0. The van der Waals surface area contributed by atoms with Crippen molar-refractivity contribution in [2.45, 2.75) is 24.2 Å². The van der Waals surface area contributed by atoms with Gasteiger partial charge in [-0.25, -0.2) is 0 Å². The zero-order chi connectivity index (χ0) is 10.7. The average Bonchev–Trinajstić information content (AvgIpc) is 2.98. The first-order valence-corrected chi connectivity index (χ1v) is 4.97. The van der Waals surface area contributed by atoms with Crippen LogP contribution in [0.1, 0.15) is 12.8 Å². The molecule has 1 rings (SSSR count). The summed E-state index contributed by atoms with van der Waals surface area (Å²) in [6, 6.07) is 0. The second-order valence-electron chi connectivity index (χ2n) is 3.78. The van der Waals surface area contributed by atoms with Crippen LogP contribution in [-0.2, 0) is 4.74 Å². The quantitative estimate of drug-likeness (QED) is 0.308. The highest BCUT2D eigenvalue weighted by atomic mass is 16.6. The highest BCUT2D eigenvalue weighted by molar-refractivity contribution is 5.00. The molecule has 0 aromatic heterocycles. The van der Waals surface area contributed by atoms with E-state index in [4.69, 9.17) is 4.74 Å². The number of epoxide rings is 1. The Morgan fingerprint density at radius 1 is 1.43 bits per heavy atom. The molecule has 82 valence electrons. The van der Waals surface area contributed by atoms with E-state index in [2.05, 4.69) is 22.5 Å². The Morgan fingerprint density at radius 3 is 2.29 bits per heavy atom. The number of rotatable bonds is 7. The highest BCUT2D eigenvalue weighted by Gasteiger charge is 2.48. The van der Waals surface area contributed by atoms with Crippen molar-refractivity contribution >= 4 is 0 Å². The second kappa shape index (κ2) is 4.40. The molecule has 0 spiro atoms. The van der Waals surface area contributed by atoms with E-state index in [0.29, 0.717) is 0 Å². The number of hydrogen-bond acceptors (Lipinski definition) is 4. The van der Waals surface area contributed by atoms with Crippen LogP contribution in [0.15, 0.2) is 12.7 Å². The summed E-state index contributed by atoms with van der Waals surface area (Å²) in [5.74, 6) is 0. The lowest BCUT2D eigenvalue weighted by atomic mass is 9.97. The fraction of sp³-hybridized carbons (Fsp3) is 0.800. The first-order valence-electron chi connectivity index (χ1n) is 4.97.